The van der Waals surface area contributed by atoms with Crippen LogP contribution >= 0.6 is 11.3 Å². The lowest BCUT2D eigenvalue weighted by Gasteiger charge is -2.06. The van der Waals surface area contributed by atoms with E-state index < -0.39 is 11.8 Å². The molecule has 0 atom stereocenters. The highest BCUT2D eigenvalue weighted by molar-refractivity contribution is 7.21. The second-order valence-electron chi connectivity index (χ2n) is 14.4. The Morgan fingerprint density at radius 1 is 0.492 bits per heavy atom. The van der Waals surface area contributed by atoms with Crippen molar-refractivity contribution in [2.75, 3.05) is 23.8 Å². The Bertz CT molecular complexity index is 2130. The average molecular weight is 837 g/mol. The minimum atomic E-state index is -0.502. The third kappa shape index (κ3) is 14.8. The van der Waals surface area contributed by atoms with Gasteiger partial charge in [0.1, 0.15) is 44.8 Å². The van der Waals surface area contributed by atoms with Crippen LogP contribution in [0.25, 0.3) is 0 Å². The number of nitriles is 2. The number of carbonyl (C=O) groups is 2. The molecule has 4 aromatic carbocycles. The van der Waals surface area contributed by atoms with Crippen LogP contribution in [0, 0.1) is 22.7 Å². The second kappa shape index (κ2) is 25.0. The van der Waals surface area contributed by atoms with Crippen LogP contribution in [0.3, 0.4) is 0 Å². The quantitative estimate of drug-likeness (QED) is 0.0462. The number of anilines is 2. The molecular weight excluding hydrogens is 785 g/mol. The summed E-state index contributed by atoms with van der Waals surface area (Å²) in [5.41, 5.74) is 2.90. The lowest BCUT2D eigenvalue weighted by molar-refractivity contribution is 0.101. The summed E-state index contributed by atoms with van der Waals surface area (Å²) >= 11 is 0.924. The van der Waals surface area contributed by atoms with Crippen molar-refractivity contribution >= 4 is 55.9 Å². The Morgan fingerprint density at radius 3 is 1.13 bits per heavy atom. The standard InChI is InChI=1S/C48H52N8O4S/c1-3-5-7-9-11-13-31-59-41-27-23-39(24-28-41)55-53-37-19-15-35(16-20-37)45(57)51-47-43(33-49)44(34-50)48(61-47)52-46(58)36-17-21-38(22-18-36)54-56-40-25-29-42(30-26-40)60-32-14-12-10-8-6-4-2/h15-30H,3-14,31-32H2,1-2H3,(H,51,57)(H,52,58). The summed E-state index contributed by atoms with van der Waals surface area (Å²) in [6, 6.07) is 31.7. The molecule has 0 aliphatic heterocycles. The fourth-order valence-electron chi connectivity index (χ4n) is 6.12. The molecule has 0 fully saturated rings. The highest BCUT2D eigenvalue weighted by Crippen LogP contribution is 2.37. The van der Waals surface area contributed by atoms with Gasteiger partial charge in [-0.3, -0.25) is 9.59 Å². The maximum Gasteiger partial charge on any atom is 0.256 e. The number of hydrogen-bond acceptors (Lipinski definition) is 11. The van der Waals surface area contributed by atoms with Gasteiger partial charge in [0, 0.05) is 11.1 Å². The number of ether oxygens (including phenoxy) is 2. The number of hydrogen-bond donors (Lipinski definition) is 2. The predicted molar refractivity (Wildman–Crippen MR) is 242 cm³/mol. The van der Waals surface area contributed by atoms with Gasteiger partial charge in [0.15, 0.2) is 0 Å². The van der Waals surface area contributed by atoms with Gasteiger partial charge >= 0.3 is 0 Å². The normalized spacial score (nSPS) is 11.0. The Balaban J connectivity index is 1.10. The number of unbranched alkanes of at least 4 members (excludes halogenated alkanes) is 10. The van der Waals surface area contributed by atoms with Crippen molar-refractivity contribution in [3.63, 3.8) is 0 Å². The molecule has 0 saturated heterocycles. The van der Waals surface area contributed by atoms with Crippen LogP contribution < -0.4 is 20.1 Å². The molecule has 5 rings (SSSR count). The van der Waals surface area contributed by atoms with E-state index in [1.165, 1.54) is 64.2 Å². The molecule has 0 spiro atoms. The lowest BCUT2D eigenvalue weighted by Crippen LogP contribution is -2.11. The number of rotatable bonds is 24. The van der Waals surface area contributed by atoms with Crippen molar-refractivity contribution < 1.29 is 19.1 Å². The molecule has 2 amide bonds. The first kappa shape index (κ1) is 45.4. The molecule has 0 unspecified atom stereocenters. The molecule has 12 nitrogen and oxygen atoms in total. The van der Waals surface area contributed by atoms with Gasteiger partial charge < -0.3 is 20.1 Å². The van der Waals surface area contributed by atoms with E-state index in [0.717, 1.165) is 35.7 Å². The molecule has 0 radical (unpaired) electrons. The van der Waals surface area contributed by atoms with Gasteiger partial charge in [-0.2, -0.15) is 31.0 Å². The third-order valence-electron chi connectivity index (χ3n) is 9.61. The van der Waals surface area contributed by atoms with Crippen LogP contribution in [0.15, 0.2) is 118 Å². The van der Waals surface area contributed by atoms with Crippen molar-refractivity contribution in [1.82, 2.24) is 0 Å². The topological polar surface area (TPSA) is 174 Å². The Hall–Kier alpha value is -6.70. The van der Waals surface area contributed by atoms with E-state index >= 15 is 0 Å². The molecule has 61 heavy (non-hydrogen) atoms. The van der Waals surface area contributed by atoms with Gasteiger partial charge in [-0.1, -0.05) is 89.4 Å². The molecule has 0 saturated carbocycles. The Morgan fingerprint density at radius 2 is 0.803 bits per heavy atom. The van der Waals surface area contributed by atoms with E-state index in [1.807, 2.05) is 60.7 Å². The number of nitrogens with one attached hydrogen (secondary N) is 2. The number of thiophene rings is 1. The molecule has 0 aliphatic carbocycles. The van der Waals surface area contributed by atoms with E-state index in [9.17, 15) is 20.1 Å². The summed E-state index contributed by atoms with van der Waals surface area (Å²) < 4.78 is 11.7. The number of carbonyl (C=O) groups excluding carboxylic acids is 2. The van der Waals surface area contributed by atoms with E-state index in [-0.39, 0.29) is 21.1 Å². The summed E-state index contributed by atoms with van der Waals surface area (Å²) in [5, 5.41) is 42.6. The highest BCUT2D eigenvalue weighted by atomic mass is 32.1. The van der Waals surface area contributed by atoms with Crippen molar-refractivity contribution in [2.24, 2.45) is 20.5 Å². The number of benzene rings is 4. The molecule has 5 aromatic rings. The van der Waals surface area contributed by atoms with E-state index in [1.54, 1.807) is 48.5 Å². The smallest absolute Gasteiger partial charge is 0.256 e. The van der Waals surface area contributed by atoms with Crippen molar-refractivity contribution in [3.05, 3.63) is 119 Å². The minimum Gasteiger partial charge on any atom is -0.494 e. The molecule has 314 valence electrons. The SMILES string of the molecule is CCCCCCCCOc1ccc(N=Nc2ccc(C(=O)Nc3sc(NC(=O)c4ccc(N=Nc5ccc(OCCCCCCCC)cc5)cc4)c(C#N)c3C#N)cc2)cc1. The Kier molecular flexibility index (Phi) is 18.6. The zero-order chi connectivity index (χ0) is 43.1. The summed E-state index contributed by atoms with van der Waals surface area (Å²) in [6.45, 7) is 5.80. The third-order valence-corrected chi connectivity index (χ3v) is 10.6. The summed E-state index contributed by atoms with van der Waals surface area (Å²) in [6.07, 6.45) is 14.5. The molecule has 2 N–H and O–H groups in total. The fraction of sp³-hybridized carbons (Fsp3) is 0.333. The molecular formula is C48H52N8O4S. The molecule has 13 heteroatoms. The van der Waals surface area contributed by atoms with Crippen molar-refractivity contribution in [1.29, 1.82) is 10.5 Å². The van der Waals surface area contributed by atoms with Gasteiger partial charge in [0.2, 0.25) is 0 Å². The predicted octanol–water partition coefficient (Wildman–Crippen LogP) is 14.3. The number of azo groups is 2. The van der Waals surface area contributed by atoms with Crippen molar-refractivity contribution in [3.8, 4) is 23.6 Å². The van der Waals surface area contributed by atoms with Gasteiger partial charge in [-0.05, 0) is 110 Å². The molecule has 1 heterocycles. The average Bonchev–Trinajstić information content (AvgIpc) is 3.62. The van der Waals surface area contributed by atoms with Gasteiger partial charge in [-0.25, -0.2) is 0 Å². The summed E-state index contributed by atoms with van der Waals surface area (Å²) in [7, 11) is 0. The second-order valence-corrected chi connectivity index (χ2v) is 15.4. The zero-order valence-electron chi connectivity index (χ0n) is 34.9. The summed E-state index contributed by atoms with van der Waals surface area (Å²) in [4.78, 5) is 26.4. The first-order chi connectivity index (χ1) is 29.9. The van der Waals surface area contributed by atoms with Crippen molar-refractivity contribution in [2.45, 2.75) is 90.9 Å². The van der Waals surface area contributed by atoms with Crippen LogP contribution in [-0.2, 0) is 0 Å². The van der Waals surface area contributed by atoms with E-state index in [2.05, 4.69) is 44.9 Å². The van der Waals surface area contributed by atoms with Crippen LogP contribution in [0.5, 0.6) is 11.5 Å². The molecule has 0 aliphatic rings. The first-order valence-corrected chi connectivity index (χ1v) is 21.8. The van der Waals surface area contributed by atoms with Gasteiger partial charge in [0.05, 0.1) is 36.0 Å². The van der Waals surface area contributed by atoms with Gasteiger partial charge in [0.25, 0.3) is 11.8 Å². The lowest BCUT2D eigenvalue weighted by atomic mass is 10.1. The maximum absolute atomic E-state index is 13.2. The molecule has 1 aromatic heterocycles. The van der Waals surface area contributed by atoms with Gasteiger partial charge in [-0.15, -0.1) is 0 Å². The monoisotopic (exact) mass is 836 g/mol. The number of nitrogens with zero attached hydrogens (tertiary/aromatic N) is 6. The van der Waals surface area contributed by atoms with Crippen LogP contribution in [-0.4, -0.2) is 25.0 Å². The van der Waals surface area contributed by atoms with Crippen LogP contribution in [0.4, 0.5) is 32.8 Å². The fourth-order valence-corrected chi connectivity index (χ4v) is 7.12. The molecule has 0 bridgehead atoms. The Labute approximate surface area is 362 Å². The maximum atomic E-state index is 13.2. The van der Waals surface area contributed by atoms with E-state index in [0.29, 0.717) is 47.1 Å². The number of amides is 2. The zero-order valence-corrected chi connectivity index (χ0v) is 35.7. The highest BCUT2D eigenvalue weighted by Gasteiger charge is 2.22. The van der Waals surface area contributed by atoms with E-state index in [4.69, 9.17) is 9.47 Å². The minimum absolute atomic E-state index is 0.0476. The summed E-state index contributed by atoms with van der Waals surface area (Å²) in [5.74, 6) is 0.574. The van der Waals surface area contributed by atoms with Crippen LogP contribution in [0.1, 0.15) is 123 Å². The van der Waals surface area contributed by atoms with Crippen LogP contribution in [0.2, 0.25) is 0 Å². The largest absolute Gasteiger partial charge is 0.494 e. The first-order valence-electron chi connectivity index (χ1n) is 21.0.